The first-order chi connectivity index (χ1) is 34.8. The zero-order valence-electron chi connectivity index (χ0n) is 38.2. The van der Waals surface area contributed by atoms with Gasteiger partial charge in [-0.3, -0.25) is 0 Å². The number of benzene rings is 10. The third kappa shape index (κ3) is 7.89. The first kappa shape index (κ1) is 41.9. The van der Waals surface area contributed by atoms with Crippen LogP contribution in [0.1, 0.15) is 0 Å². The summed E-state index contributed by atoms with van der Waals surface area (Å²) in [4.78, 5) is 20.3. The van der Waals surface area contributed by atoms with Gasteiger partial charge in [0.1, 0.15) is 0 Å². The summed E-state index contributed by atoms with van der Waals surface area (Å²) >= 11 is 0. The van der Waals surface area contributed by atoms with E-state index in [1.54, 1.807) is 0 Å². The first-order valence-corrected chi connectivity index (χ1v) is 23.6. The van der Waals surface area contributed by atoms with E-state index >= 15 is 0 Å². The summed E-state index contributed by atoms with van der Waals surface area (Å²) in [5.41, 5.74) is 16.6. The van der Waals surface area contributed by atoms with E-state index < -0.39 is 0 Å². The highest BCUT2D eigenvalue weighted by Gasteiger charge is 2.36. The molecular formula is C64H46N6. The average Bonchev–Trinajstić information content (AvgIpc) is 3.44. The second-order valence-electron chi connectivity index (χ2n) is 17.1. The van der Waals surface area contributed by atoms with Crippen LogP contribution in [0.15, 0.2) is 279 Å². The van der Waals surface area contributed by atoms with Gasteiger partial charge in [-0.15, -0.1) is 0 Å². The lowest BCUT2D eigenvalue weighted by atomic mass is 9.98. The van der Waals surface area contributed by atoms with Crippen LogP contribution < -0.4 is 19.6 Å². The molecule has 2 heterocycles. The van der Waals surface area contributed by atoms with E-state index in [2.05, 4.69) is 274 Å². The smallest absolute Gasteiger partial charge is 0.160 e. The van der Waals surface area contributed by atoms with Crippen LogP contribution in [0.4, 0.5) is 68.2 Å². The molecule has 332 valence electrons. The fraction of sp³-hybridized carbons (Fsp3) is 0. The van der Waals surface area contributed by atoms with E-state index in [4.69, 9.17) is 9.97 Å². The van der Waals surface area contributed by atoms with Crippen molar-refractivity contribution in [3.63, 3.8) is 0 Å². The number of hydrogen-bond acceptors (Lipinski definition) is 6. The molecule has 1 aliphatic rings. The van der Waals surface area contributed by atoms with Crippen molar-refractivity contribution in [3.8, 4) is 33.9 Å². The Morgan fingerprint density at radius 2 is 0.586 bits per heavy atom. The predicted octanol–water partition coefficient (Wildman–Crippen LogP) is 17.7. The maximum Gasteiger partial charge on any atom is 0.160 e. The number of aromatic nitrogens is 2. The fourth-order valence-corrected chi connectivity index (χ4v) is 9.59. The molecule has 0 fully saturated rings. The monoisotopic (exact) mass is 898 g/mol. The Bertz CT molecular complexity index is 3250. The molecular weight excluding hydrogens is 853 g/mol. The van der Waals surface area contributed by atoms with Crippen LogP contribution in [0, 0.1) is 0 Å². The van der Waals surface area contributed by atoms with Gasteiger partial charge >= 0.3 is 0 Å². The van der Waals surface area contributed by atoms with Crippen LogP contribution in [0.3, 0.4) is 0 Å². The van der Waals surface area contributed by atoms with Gasteiger partial charge in [-0.25, -0.2) is 9.97 Å². The predicted molar refractivity (Wildman–Crippen MR) is 291 cm³/mol. The summed E-state index contributed by atoms with van der Waals surface area (Å²) in [7, 11) is 0. The van der Waals surface area contributed by atoms with Gasteiger partial charge in [-0.1, -0.05) is 176 Å². The molecule has 0 saturated carbocycles. The molecule has 0 amide bonds. The van der Waals surface area contributed by atoms with E-state index in [9.17, 15) is 0 Å². The quantitative estimate of drug-likeness (QED) is 0.129. The van der Waals surface area contributed by atoms with Gasteiger partial charge in [0.25, 0.3) is 0 Å². The van der Waals surface area contributed by atoms with Crippen LogP contribution in [0.2, 0.25) is 0 Å². The van der Waals surface area contributed by atoms with Crippen molar-refractivity contribution in [2.45, 2.75) is 0 Å². The van der Waals surface area contributed by atoms with E-state index in [1.807, 2.05) is 24.3 Å². The summed E-state index contributed by atoms with van der Waals surface area (Å²) in [6.45, 7) is 0. The second-order valence-corrected chi connectivity index (χ2v) is 17.1. The highest BCUT2D eigenvalue weighted by atomic mass is 15.3. The van der Waals surface area contributed by atoms with Crippen molar-refractivity contribution in [2.24, 2.45) is 0 Å². The van der Waals surface area contributed by atoms with Crippen LogP contribution >= 0.6 is 0 Å². The Morgan fingerprint density at radius 1 is 0.271 bits per heavy atom. The summed E-state index contributed by atoms with van der Waals surface area (Å²) < 4.78 is 0. The van der Waals surface area contributed by atoms with Crippen molar-refractivity contribution < 1.29 is 0 Å². The Labute approximate surface area is 408 Å². The average molecular weight is 899 g/mol. The molecule has 0 aliphatic carbocycles. The minimum absolute atomic E-state index is 0.648. The summed E-state index contributed by atoms with van der Waals surface area (Å²) in [6.07, 6.45) is 0. The zero-order chi connectivity index (χ0) is 46.6. The molecule has 0 spiro atoms. The summed E-state index contributed by atoms with van der Waals surface area (Å²) in [6, 6.07) is 98.4. The Kier molecular flexibility index (Phi) is 11.1. The molecule has 6 nitrogen and oxygen atoms in total. The van der Waals surface area contributed by atoms with Crippen molar-refractivity contribution >= 4 is 68.2 Å². The Balaban J connectivity index is 1.25. The number of nitrogens with zero attached hydrogens (tertiary/aromatic N) is 6. The number of fused-ring (bicyclic) bond motifs is 2. The topological polar surface area (TPSA) is 38.7 Å². The van der Waals surface area contributed by atoms with Gasteiger partial charge in [0.15, 0.2) is 5.82 Å². The van der Waals surface area contributed by atoms with Gasteiger partial charge in [0.05, 0.1) is 51.2 Å². The minimum Gasteiger partial charge on any atom is -0.308 e. The first-order valence-electron chi connectivity index (χ1n) is 23.6. The number of para-hydroxylation sites is 9. The van der Waals surface area contributed by atoms with Gasteiger partial charge < -0.3 is 19.6 Å². The largest absolute Gasteiger partial charge is 0.308 e. The molecule has 0 atom stereocenters. The molecule has 12 rings (SSSR count). The van der Waals surface area contributed by atoms with Gasteiger partial charge in [0, 0.05) is 45.1 Å². The van der Waals surface area contributed by atoms with E-state index in [0.29, 0.717) is 5.82 Å². The van der Waals surface area contributed by atoms with Crippen LogP contribution in [-0.4, -0.2) is 9.97 Å². The molecule has 0 unspecified atom stereocenters. The zero-order valence-corrected chi connectivity index (χ0v) is 38.2. The lowest BCUT2D eigenvalue weighted by Gasteiger charge is -2.43. The lowest BCUT2D eigenvalue weighted by Crippen LogP contribution is -2.27. The highest BCUT2D eigenvalue weighted by molar-refractivity contribution is 6.09. The molecule has 1 aromatic heterocycles. The maximum absolute atomic E-state index is 5.48. The van der Waals surface area contributed by atoms with E-state index in [1.165, 1.54) is 0 Å². The fourth-order valence-electron chi connectivity index (χ4n) is 9.59. The second kappa shape index (κ2) is 18.6. The van der Waals surface area contributed by atoms with Gasteiger partial charge in [-0.05, 0) is 103 Å². The van der Waals surface area contributed by atoms with Crippen molar-refractivity contribution in [1.82, 2.24) is 9.97 Å². The molecule has 0 radical (unpaired) electrons. The Morgan fingerprint density at radius 3 is 0.986 bits per heavy atom. The standard InChI is InChI=1S/C64H46N6/c1-8-26-47(27-9-1)55-46-56(66-64(65-55)48-28-10-2-11-29-48)49-44-61(67(50-30-12-3-13-31-50)51-32-14-4-15-33-51)63(62(45-49)68(52-34-16-5-17-35-52)53-36-18-6-19-37-53)70-59-42-24-22-40-57(59)69(54-38-20-7-21-39-54)58-41-23-25-43-60(58)70/h1-46H. The number of hydrogen-bond donors (Lipinski definition) is 0. The van der Waals surface area contributed by atoms with Gasteiger partial charge in [0.2, 0.25) is 0 Å². The number of anilines is 12. The molecule has 0 N–H and O–H groups in total. The molecule has 70 heavy (non-hydrogen) atoms. The van der Waals surface area contributed by atoms with E-state index in [0.717, 1.165) is 96.3 Å². The minimum atomic E-state index is 0.648. The molecule has 10 aromatic carbocycles. The third-order valence-electron chi connectivity index (χ3n) is 12.7. The Hall–Kier alpha value is -9.52. The molecule has 6 heteroatoms. The maximum atomic E-state index is 5.48. The lowest BCUT2D eigenvalue weighted by molar-refractivity contribution is 1.14. The van der Waals surface area contributed by atoms with Crippen LogP contribution in [0.5, 0.6) is 0 Å². The summed E-state index contributed by atoms with van der Waals surface area (Å²) in [5.74, 6) is 0.648. The van der Waals surface area contributed by atoms with Crippen LogP contribution in [0.25, 0.3) is 33.9 Å². The highest BCUT2D eigenvalue weighted by Crippen LogP contribution is 2.60. The van der Waals surface area contributed by atoms with Gasteiger partial charge in [-0.2, -0.15) is 0 Å². The molecule has 0 bridgehead atoms. The molecule has 1 aliphatic heterocycles. The van der Waals surface area contributed by atoms with E-state index in [-0.39, 0.29) is 0 Å². The summed E-state index contributed by atoms with van der Waals surface area (Å²) in [5, 5.41) is 0. The van der Waals surface area contributed by atoms with Crippen molar-refractivity contribution in [2.75, 3.05) is 19.6 Å². The van der Waals surface area contributed by atoms with Crippen molar-refractivity contribution in [1.29, 1.82) is 0 Å². The number of rotatable bonds is 11. The normalized spacial score (nSPS) is 11.7. The third-order valence-corrected chi connectivity index (χ3v) is 12.7. The molecule has 11 aromatic rings. The van der Waals surface area contributed by atoms with Crippen molar-refractivity contribution in [3.05, 3.63) is 279 Å². The molecule has 0 saturated heterocycles. The SMILES string of the molecule is c1ccc(-c2cc(-c3cc(N(c4ccccc4)c4ccccc4)c(N4c5ccccc5N(c5ccccc5)c5ccccc54)c(N(c4ccccc4)c4ccccc4)c3)nc(-c3ccccc3)n2)cc1. The van der Waals surface area contributed by atoms with Crippen LogP contribution in [-0.2, 0) is 0 Å².